The second-order valence-corrected chi connectivity index (χ2v) is 6.13. The number of unbranched alkanes of at least 4 members (excludes halogenated alkanes) is 3. The molecule has 0 saturated heterocycles. The zero-order valence-corrected chi connectivity index (χ0v) is 13.3. The highest BCUT2D eigenvalue weighted by atomic mass is 14.8. The summed E-state index contributed by atoms with van der Waals surface area (Å²) >= 11 is 0. The lowest BCUT2D eigenvalue weighted by Gasteiger charge is -2.10. The van der Waals surface area contributed by atoms with Crippen LogP contribution >= 0.6 is 0 Å². The van der Waals surface area contributed by atoms with E-state index in [1.807, 2.05) is 0 Å². The molecule has 0 aliphatic carbocycles. The third-order valence-corrected chi connectivity index (χ3v) is 3.92. The number of rotatable bonds is 9. The van der Waals surface area contributed by atoms with Gasteiger partial charge < -0.3 is 5.32 Å². The van der Waals surface area contributed by atoms with Gasteiger partial charge in [0, 0.05) is 6.54 Å². The van der Waals surface area contributed by atoms with Gasteiger partial charge in [0.1, 0.15) is 0 Å². The lowest BCUT2D eigenvalue weighted by Crippen LogP contribution is -2.15. The molecule has 1 aromatic rings. The van der Waals surface area contributed by atoms with Crippen LogP contribution < -0.4 is 5.32 Å². The number of hydrogen-bond donors (Lipinski definition) is 1. The second kappa shape index (κ2) is 9.14. The average Bonchev–Trinajstić information content (AvgIpc) is 2.37. The van der Waals surface area contributed by atoms with E-state index in [-0.39, 0.29) is 0 Å². The Morgan fingerprint density at radius 2 is 1.74 bits per heavy atom. The number of hydrogen-bond acceptors (Lipinski definition) is 1. The minimum Gasteiger partial charge on any atom is -0.313 e. The van der Waals surface area contributed by atoms with Crippen molar-refractivity contribution in [3.05, 3.63) is 34.9 Å². The molecule has 0 fully saturated rings. The van der Waals surface area contributed by atoms with Crippen LogP contribution in [0, 0.1) is 19.8 Å². The molecule has 0 bridgehead atoms. The summed E-state index contributed by atoms with van der Waals surface area (Å²) < 4.78 is 0. The fraction of sp³-hybridized carbons (Fsp3) is 0.667. The highest BCUT2D eigenvalue weighted by molar-refractivity contribution is 5.32. The molecule has 0 atom stereocenters. The molecule has 0 spiro atoms. The monoisotopic (exact) mass is 261 g/mol. The Hall–Kier alpha value is -0.820. The van der Waals surface area contributed by atoms with Gasteiger partial charge in [0.25, 0.3) is 0 Å². The molecule has 0 saturated carbocycles. The van der Waals surface area contributed by atoms with Gasteiger partial charge in [0.05, 0.1) is 0 Å². The Labute approximate surface area is 119 Å². The van der Waals surface area contributed by atoms with E-state index < -0.39 is 0 Å². The van der Waals surface area contributed by atoms with Gasteiger partial charge in [0.2, 0.25) is 0 Å². The Bertz CT molecular complexity index is 355. The summed E-state index contributed by atoms with van der Waals surface area (Å²) in [5.41, 5.74) is 4.28. The molecule has 0 aliphatic heterocycles. The minimum atomic E-state index is 0.863. The van der Waals surface area contributed by atoms with Gasteiger partial charge in [-0.15, -0.1) is 0 Å². The third kappa shape index (κ3) is 6.77. The summed E-state index contributed by atoms with van der Waals surface area (Å²) in [6, 6.07) is 6.58. The lowest BCUT2D eigenvalue weighted by atomic mass is 10.0. The molecular weight excluding hydrogens is 230 g/mol. The molecule has 0 aliphatic rings. The van der Waals surface area contributed by atoms with Gasteiger partial charge in [-0.05, 0) is 49.4 Å². The van der Waals surface area contributed by atoms with E-state index in [1.165, 1.54) is 48.8 Å². The molecule has 0 amide bonds. The van der Waals surface area contributed by atoms with Crippen molar-refractivity contribution < 1.29 is 0 Å². The molecule has 1 rings (SSSR count). The fourth-order valence-electron chi connectivity index (χ4n) is 2.38. The van der Waals surface area contributed by atoms with Crippen LogP contribution in [0.1, 0.15) is 62.6 Å². The fourth-order valence-corrected chi connectivity index (χ4v) is 2.38. The summed E-state index contributed by atoms with van der Waals surface area (Å²) in [4.78, 5) is 0. The SMILES string of the molecule is Cc1cccc(CNCCCCCCC(C)C)c1C. The van der Waals surface area contributed by atoms with Gasteiger partial charge in [-0.3, -0.25) is 0 Å². The van der Waals surface area contributed by atoms with E-state index in [0.717, 1.165) is 19.0 Å². The van der Waals surface area contributed by atoms with Gasteiger partial charge in [-0.25, -0.2) is 0 Å². The van der Waals surface area contributed by atoms with Crippen molar-refractivity contribution in [2.24, 2.45) is 5.92 Å². The first-order chi connectivity index (χ1) is 9.11. The normalized spacial score (nSPS) is 11.2. The summed E-state index contributed by atoms with van der Waals surface area (Å²) in [5.74, 6) is 0.863. The maximum atomic E-state index is 3.57. The topological polar surface area (TPSA) is 12.0 Å². The zero-order chi connectivity index (χ0) is 14.1. The molecule has 19 heavy (non-hydrogen) atoms. The largest absolute Gasteiger partial charge is 0.313 e. The number of benzene rings is 1. The third-order valence-electron chi connectivity index (χ3n) is 3.92. The van der Waals surface area contributed by atoms with E-state index >= 15 is 0 Å². The van der Waals surface area contributed by atoms with E-state index in [2.05, 4.69) is 51.2 Å². The Kier molecular flexibility index (Phi) is 7.81. The zero-order valence-electron chi connectivity index (χ0n) is 13.3. The quantitative estimate of drug-likeness (QED) is 0.617. The second-order valence-electron chi connectivity index (χ2n) is 6.13. The molecular formula is C18H31N. The Morgan fingerprint density at radius 1 is 1.00 bits per heavy atom. The van der Waals surface area contributed by atoms with Crippen LogP contribution in [0.3, 0.4) is 0 Å². The van der Waals surface area contributed by atoms with Crippen molar-refractivity contribution >= 4 is 0 Å². The van der Waals surface area contributed by atoms with Crippen LogP contribution in [0.25, 0.3) is 0 Å². The van der Waals surface area contributed by atoms with Gasteiger partial charge in [0.15, 0.2) is 0 Å². The summed E-state index contributed by atoms with van der Waals surface area (Å²) in [6.07, 6.45) is 6.85. The number of aryl methyl sites for hydroxylation is 1. The molecule has 0 heterocycles. The van der Waals surface area contributed by atoms with E-state index in [9.17, 15) is 0 Å². The summed E-state index contributed by atoms with van der Waals surface area (Å²) in [7, 11) is 0. The highest BCUT2D eigenvalue weighted by Crippen LogP contribution is 2.12. The minimum absolute atomic E-state index is 0.863. The smallest absolute Gasteiger partial charge is 0.0208 e. The predicted octanol–water partition coefficient (Wildman–Crippen LogP) is 5.00. The highest BCUT2D eigenvalue weighted by Gasteiger charge is 2.00. The first kappa shape index (κ1) is 16.2. The van der Waals surface area contributed by atoms with Crippen molar-refractivity contribution in [3.8, 4) is 0 Å². The summed E-state index contributed by atoms with van der Waals surface area (Å²) in [6.45, 7) is 11.2. The van der Waals surface area contributed by atoms with Crippen molar-refractivity contribution in [1.82, 2.24) is 5.32 Å². The molecule has 1 N–H and O–H groups in total. The van der Waals surface area contributed by atoms with Crippen LogP contribution in [-0.4, -0.2) is 6.54 Å². The number of nitrogens with one attached hydrogen (secondary N) is 1. The lowest BCUT2D eigenvalue weighted by molar-refractivity contribution is 0.512. The average molecular weight is 261 g/mol. The maximum absolute atomic E-state index is 3.57. The summed E-state index contributed by atoms with van der Waals surface area (Å²) in [5, 5.41) is 3.57. The van der Waals surface area contributed by atoms with Crippen molar-refractivity contribution in [3.63, 3.8) is 0 Å². The molecule has 1 nitrogen and oxygen atoms in total. The van der Waals surface area contributed by atoms with Crippen LogP contribution in [-0.2, 0) is 6.54 Å². The molecule has 108 valence electrons. The van der Waals surface area contributed by atoms with E-state index in [0.29, 0.717) is 0 Å². The van der Waals surface area contributed by atoms with Crippen LogP contribution in [0.2, 0.25) is 0 Å². The Morgan fingerprint density at radius 3 is 2.47 bits per heavy atom. The van der Waals surface area contributed by atoms with Crippen LogP contribution in [0.15, 0.2) is 18.2 Å². The van der Waals surface area contributed by atoms with Crippen molar-refractivity contribution in [2.45, 2.75) is 66.3 Å². The van der Waals surface area contributed by atoms with Crippen molar-refractivity contribution in [2.75, 3.05) is 6.54 Å². The molecule has 0 unspecified atom stereocenters. The first-order valence-electron chi connectivity index (χ1n) is 7.87. The molecule has 0 aromatic heterocycles. The van der Waals surface area contributed by atoms with E-state index in [1.54, 1.807) is 0 Å². The van der Waals surface area contributed by atoms with Crippen LogP contribution in [0.5, 0.6) is 0 Å². The van der Waals surface area contributed by atoms with Crippen molar-refractivity contribution in [1.29, 1.82) is 0 Å². The van der Waals surface area contributed by atoms with E-state index in [4.69, 9.17) is 0 Å². The Balaban J connectivity index is 2.06. The van der Waals surface area contributed by atoms with Gasteiger partial charge >= 0.3 is 0 Å². The first-order valence-corrected chi connectivity index (χ1v) is 7.87. The van der Waals surface area contributed by atoms with Gasteiger partial charge in [-0.1, -0.05) is 57.7 Å². The maximum Gasteiger partial charge on any atom is 0.0208 e. The van der Waals surface area contributed by atoms with Crippen LogP contribution in [0.4, 0.5) is 0 Å². The standard InChI is InChI=1S/C18H31N/c1-15(2)10-7-5-6-8-13-19-14-18-12-9-11-16(3)17(18)4/h9,11-12,15,19H,5-8,10,13-14H2,1-4H3. The molecule has 1 heteroatoms. The van der Waals surface area contributed by atoms with Gasteiger partial charge in [-0.2, -0.15) is 0 Å². The molecule has 0 radical (unpaired) electrons. The predicted molar refractivity (Wildman–Crippen MR) is 85.5 cm³/mol. The molecule has 1 aromatic carbocycles.